The molecule has 1 heterocycles. The van der Waals surface area contributed by atoms with E-state index in [4.69, 9.17) is 4.74 Å². The molecular weight excluding hydrogens is 298 g/mol. The van der Waals surface area contributed by atoms with E-state index in [-0.39, 0.29) is 5.56 Å². The fraction of sp³-hybridized carbons (Fsp3) is 0.125. The topological polar surface area (TPSA) is 89.8 Å². The van der Waals surface area contributed by atoms with Crippen LogP contribution < -0.4 is 15.7 Å². The number of nitrogens with zero attached hydrogens (tertiary/aromatic N) is 2. The number of carbonyl (C=O) groups is 2. The molecule has 0 aliphatic rings. The van der Waals surface area contributed by atoms with Gasteiger partial charge in [0.15, 0.2) is 0 Å². The molecule has 2 aromatic rings. The predicted octanol–water partition coefficient (Wildman–Crippen LogP) is 1.07. The van der Waals surface area contributed by atoms with E-state index in [1.807, 2.05) is 0 Å². The van der Waals surface area contributed by atoms with Gasteiger partial charge in [-0.05, 0) is 42.0 Å². The Balaban J connectivity index is 2.01. The molecule has 0 bridgehead atoms. The number of amides is 1. The highest BCUT2D eigenvalue weighted by molar-refractivity contribution is 5.94. The first-order valence-corrected chi connectivity index (χ1v) is 6.75. The molecule has 0 atom stereocenters. The van der Waals surface area contributed by atoms with E-state index in [0.29, 0.717) is 11.3 Å². The van der Waals surface area contributed by atoms with Crippen LogP contribution in [0.2, 0.25) is 0 Å². The minimum atomic E-state index is -0.584. The Morgan fingerprint density at radius 3 is 2.57 bits per heavy atom. The van der Waals surface area contributed by atoms with Gasteiger partial charge in [0.1, 0.15) is 11.3 Å². The van der Waals surface area contributed by atoms with E-state index in [9.17, 15) is 14.4 Å². The van der Waals surface area contributed by atoms with Crippen LogP contribution in [-0.2, 0) is 11.8 Å². The molecule has 118 valence electrons. The summed E-state index contributed by atoms with van der Waals surface area (Å²) in [6.45, 7) is 1.32. The number of benzene rings is 1. The number of aryl methyl sites for hydroxylation is 1. The highest BCUT2D eigenvalue weighted by atomic mass is 16.5. The summed E-state index contributed by atoms with van der Waals surface area (Å²) in [6.07, 6.45) is 2.98. The minimum absolute atomic E-state index is 0.0114. The summed E-state index contributed by atoms with van der Waals surface area (Å²) in [7, 11) is 1.56. The highest BCUT2D eigenvalue weighted by Crippen LogP contribution is 2.11. The second kappa shape index (κ2) is 7.17. The summed E-state index contributed by atoms with van der Waals surface area (Å²) in [5.41, 5.74) is 2.60. The molecule has 23 heavy (non-hydrogen) atoms. The van der Waals surface area contributed by atoms with Crippen LogP contribution >= 0.6 is 0 Å². The third kappa shape index (κ3) is 4.37. The zero-order valence-corrected chi connectivity index (χ0v) is 12.6. The third-order valence-corrected chi connectivity index (χ3v) is 2.89. The van der Waals surface area contributed by atoms with Gasteiger partial charge in [0.05, 0.1) is 6.21 Å². The van der Waals surface area contributed by atoms with Gasteiger partial charge in [-0.3, -0.25) is 14.4 Å². The Morgan fingerprint density at radius 1 is 1.22 bits per heavy atom. The van der Waals surface area contributed by atoms with Crippen molar-refractivity contribution < 1.29 is 14.3 Å². The fourth-order valence-corrected chi connectivity index (χ4v) is 1.78. The van der Waals surface area contributed by atoms with Crippen molar-refractivity contribution >= 4 is 18.1 Å². The molecule has 7 nitrogen and oxygen atoms in total. The number of esters is 1. The monoisotopic (exact) mass is 313 g/mol. The molecule has 0 fully saturated rings. The van der Waals surface area contributed by atoms with Crippen LogP contribution in [0.4, 0.5) is 0 Å². The lowest BCUT2D eigenvalue weighted by molar-refractivity contribution is -0.131. The lowest BCUT2D eigenvalue weighted by Crippen LogP contribution is -2.29. The summed E-state index contributed by atoms with van der Waals surface area (Å²) >= 11 is 0. The SMILES string of the molecule is CC(=O)Oc1ccc(/C=N\NC(=O)c2cccn(C)c2=O)cc1. The number of ether oxygens (including phenoxy) is 1. The molecule has 7 heteroatoms. The van der Waals surface area contributed by atoms with Crippen molar-refractivity contribution in [1.82, 2.24) is 9.99 Å². The second-order valence-electron chi connectivity index (χ2n) is 4.70. The maximum absolute atomic E-state index is 11.9. The molecule has 2 rings (SSSR count). The van der Waals surface area contributed by atoms with E-state index in [1.54, 1.807) is 43.6 Å². The summed E-state index contributed by atoms with van der Waals surface area (Å²) in [4.78, 5) is 34.5. The van der Waals surface area contributed by atoms with Gasteiger partial charge >= 0.3 is 5.97 Å². The van der Waals surface area contributed by atoms with E-state index in [1.165, 1.54) is 23.8 Å². The number of hydrogen-bond acceptors (Lipinski definition) is 5. The van der Waals surface area contributed by atoms with E-state index < -0.39 is 17.4 Å². The van der Waals surface area contributed by atoms with Crippen LogP contribution in [0.15, 0.2) is 52.5 Å². The predicted molar refractivity (Wildman–Crippen MR) is 84.5 cm³/mol. The highest BCUT2D eigenvalue weighted by Gasteiger charge is 2.09. The van der Waals surface area contributed by atoms with Gasteiger partial charge in [0.2, 0.25) is 0 Å². The number of carbonyl (C=O) groups excluding carboxylic acids is 2. The number of nitrogens with one attached hydrogen (secondary N) is 1. The Bertz CT molecular complexity index is 807. The van der Waals surface area contributed by atoms with E-state index >= 15 is 0 Å². The molecule has 0 radical (unpaired) electrons. The Hall–Kier alpha value is -3.22. The Kier molecular flexibility index (Phi) is 5.03. The van der Waals surface area contributed by atoms with Gasteiger partial charge in [-0.1, -0.05) is 0 Å². The van der Waals surface area contributed by atoms with Crippen molar-refractivity contribution in [3.8, 4) is 5.75 Å². The van der Waals surface area contributed by atoms with Crippen molar-refractivity contribution in [3.05, 3.63) is 64.1 Å². The van der Waals surface area contributed by atoms with Gasteiger partial charge in [-0.15, -0.1) is 0 Å². The summed E-state index contributed by atoms with van der Waals surface area (Å²) in [6, 6.07) is 9.61. The maximum atomic E-state index is 11.9. The smallest absolute Gasteiger partial charge is 0.308 e. The Labute approximate surface area is 132 Å². The molecule has 0 aliphatic carbocycles. The minimum Gasteiger partial charge on any atom is -0.427 e. The maximum Gasteiger partial charge on any atom is 0.308 e. The lowest BCUT2D eigenvalue weighted by atomic mass is 10.2. The van der Waals surface area contributed by atoms with E-state index in [2.05, 4.69) is 10.5 Å². The third-order valence-electron chi connectivity index (χ3n) is 2.89. The van der Waals surface area contributed by atoms with Gasteiger partial charge in [-0.2, -0.15) is 5.10 Å². The zero-order valence-electron chi connectivity index (χ0n) is 12.6. The molecule has 0 saturated carbocycles. The van der Waals surface area contributed by atoms with Crippen LogP contribution in [0.1, 0.15) is 22.8 Å². The zero-order chi connectivity index (χ0) is 16.8. The first kappa shape index (κ1) is 16.2. The van der Waals surface area contributed by atoms with Crippen molar-refractivity contribution in [2.75, 3.05) is 0 Å². The molecule has 1 aromatic heterocycles. The van der Waals surface area contributed by atoms with Crippen LogP contribution in [0.5, 0.6) is 5.75 Å². The summed E-state index contributed by atoms with van der Waals surface area (Å²) < 4.78 is 6.22. The number of hydrogen-bond donors (Lipinski definition) is 1. The number of pyridine rings is 1. The molecule has 1 aromatic carbocycles. The van der Waals surface area contributed by atoms with Crippen molar-refractivity contribution in [2.24, 2.45) is 12.1 Å². The number of aromatic nitrogens is 1. The molecule has 0 aliphatic heterocycles. The second-order valence-corrected chi connectivity index (χ2v) is 4.70. The average Bonchev–Trinajstić information content (AvgIpc) is 2.51. The quantitative estimate of drug-likeness (QED) is 0.396. The van der Waals surface area contributed by atoms with Crippen molar-refractivity contribution in [1.29, 1.82) is 0 Å². The Morgan fingerprint density at radius 2 is 1.91 bits per heavy atom. The fourth-order valence-electron chi connectivity index (χ4n) is 1.78. The van der Waals surface area contributed by atoms with E-state index in [0.717, 1.165) is 0 Å². The van der Waals surface area contributed by atoms with Gasteiger partial charge in [0.25, 0.3) is 11.5 Å². The first-order chi connectivity index (χ1) is 11.0. The molecule has 0 saturated heterocycles. The first-order valence-electron chi connectivity index (χ1n) is 6.75. The lowest BCUT2D eigenvalue weighted by Gasteiger charge is -2.02. The van der Waals surface area contributed by atoms with Crippen molar-refractivity contribution in [2.45, 2.75) is 6.92 Å². The number of rotatable bonds is 4. The van der Waals surface area contributed by atoms with Crippen molar-refractivity contribution in [3.63, 3.8) is 0 Å². The van der Waals surface area contributed by atoms with Gasteiger partial charge in [-0.25, -0.2) is 5.43 Å². The molecule has 1 N–H and O–H groups in total. The van der Waals surface area contributed by atoms with Crippen LogP contribution in [0, 0.1) is 0 Å². The van der Waals surface area contributed by atoms with Crippen LogP contribution in [0.3, 0.4) is 0 Å². The standard InChI is InChI=1S/C16H15N3O4/c1-11(20)23-13-7-5-12(6-8-13)10-17-18-15(21)14-4-3-9-19(2)16(14)22/h3-10H,1-2H3,(H,18,21)/b17-10-. The van der Waals surface area contributed by atoms with Crippen LogP contribution in [-0.4, -0.2) is 22.7 Å². The largest absolute Gasteiger partial charge is 0.427 e. The number of hydrazone groups is 1. The van der Waals surface area contributed by atoms with Gasteiger partial charge in [0, 0.05) is 20.2 Å². The molecule has 0 spiro atoms. The molecule has 0 unspecified atom stereocenters. The molecular formula is C16H15N3O4. The summed E-state index contributed by atoms with van der Waals surface area (Å²) in [5.74, 6) is -0.562. The normalized spacial score (nSPS) is 10.5. The average molecular weight is 313 g/mol. The molecule has 1 amide bonds. The van der Waals surface area contributed by atoms with Crippen LogP contribution in [0.25, 0.3) is 0 Å². The van der Waals surface area contributed by atoms with Gasteiger partial charge < -0.3 is 9.30 Å². The summed E-state index contributed by atoms with van der Waals surface area (Å²) in [5, 5.41) is 3.80.